The number of hydrogen-bond acceptors (Lipinski definition) is 7. The van der Waals surface area contributed by atoms with E-state index in [0.717, 1.165) is 30.2 Å². The Hall–Kier alpha value is -2.84. The topological polar surface area (TPSA) is 78.9 Å². The number of methoxy groups -OCH3 is 1. The number of carboxylic acids is 1. The van der Waals surface area contributed by atoms with E-state index < -0.39 is 5.97 Å². The minimum atomic E-state index is -1.31. The van der Waals surface area contributed by atoms with Gasteiger partial charge in [0.2, 0.25) is 0 Å². The summed E-state index contributed by atoms with van der Waals surface area (Å²) in [5.41, 5.74) is 1.13. The Bertz CT molecular complexity index is 1020. The maximum Gasteiger partial charge on any atom is 0.270 e. The number of unbranched alkanes of at least 4 members (excludes halogenated alkanes) is 1. The van der Waals surface area contributed by atoms with Crippen LogP contribution >= 0.6 is 24.0 Å². The molecular weight excluding hydrogens is 422 g/mol. The lowest BCUT2D eigenvalue weighted by atomic mass is 10.1. The number of ether oxygens (including phenoxy) is 2. The van der Waals surface area contributed by atoms with Crippen molar-refractivity contribution in [2.24, 2.45) is 0 Å². The van der Waals surface area contributed by atoms with Crippen LogP contribution in [0.1, 0.15) is 35.7 Å². The fourth-order valence-electron chi connectivity index (χ4n) is 2.83. The molecule has 1 saturated heterocycles. The van der Waals surface area contributed by atoms with Crippen molar-refractivity contribution in [3.8, 4) is 11.5 Å². The average Bonchev–Trinajstić information content (AvgIpc) is 3.02. The lowest BCUT2D eigenvalue weighted by Crippen LogP contribution is -2.28. The number of carbonyl (C=O) groups excluding carboxylic acids is 2. The molecule has 2 aromatic carbocycles. The Balaban J connectivity index is 1.85. The van der Waals surface area contributed by atoms with Gasteiger partial charge >= 0.3 is 0 Å². The second-order valence-electron chi connectivity index (χ2n) is 6.47. The van der Waals surface area contributed by atoms with Gasteiger partial charge in [-0.2, -0.15) is 0 Å². The Kier molecular flexibility index (Phi) is 7.12. The van der Waals surface area contributed by atoms with Gasteiger partial charge in [-0.1, -0.05) is 55.5 Å². The van der Waals surface area contributed by atoms with Gasteiger partial charge in [0.15, 0.2) is 15.8 Å². The largest absolute Gasteiger partial charge is 0.545 e. The van der Waals surface area contributed by atoms with E-state index in [-0.39, 0.29) is 11.5 Å². The maximum absolute atomic E-state index is 12.9. The van der Waals surface area contributed by atoms with E-state index in [1.165, 1.54) is 17.0 Å². The number of aromatic carboxylic acids is 1. The molecule has 0 atom stereocenters. The molecule has 1 fully saturated rings. The van der Waals surface area contributed by atoms with Crippen LogP contribution in [-0.2, 0) is 4.79 Å². The summed E-state index contributed by atoms with van der Waals surface area (Å²) in [4.78, 5) is 25.8. The molecule has 0 spiro atoms. The van der Waals surface area contributed by atoms with Crippen LogP contribution in [0.15, 0.2) is 47.4 Å². The van der Waals surface area contributed by atoms with E-state index in [1.54, 1.807) is 31.4 Å². The molecule has 1 amide bonds. The highest BCUT2D eigenvalue weighted by Gasteiger charge is 2.33. The fraction of sp³-hybridized carbons (Fsp3) is 0.227. The van der Waals surface area contributed by atoms with Crippen LogP contribution in [-0.4, -0.2) is 29.9 Å². The van der Waals surface area contributed by atoms with Crippen molar-refractivity contribution in [1.82, 2.24) is 0 Å². The van der Waals surface area contributed by atoms with Crippen molar-refractivity contribution in [2.75, 3.05) is 18.6 Å². The summed E-state index contributed by atoms with van der Waals surface area (Å²) < 4.78 is 11.5. The molecule has 3 rings (SSSR count). The minimum absolute atomic E-state index is 0.0195. The molecule has 8 heteroatoms. The molecule has 2 aromatic rings. The SMILES string of the molecule is CCCCOc1ccc(/C=C2\SC(=S)N(c3cccc(C(=O)[O-])c3)C2=O)cc1OC. The van der Waals surface area contributed by atoms with E-state index in [9.17, 15) is 14.7 Å². The van der Waals surface area contributed by atoms with E-state index in [1.807, 2.05) is 12.1 Å². The van der Waals surface area contributed by atoms with Crippen LogP contribution in [0.2, 0.25) is 0 Å². The molecule has 1 aliphatic rings. The number of hydrogen-bond donors (Lipinski definition) is 0. The number of carboxylic acid groups (broad SMARTS) is 1. The zero-order chi connectivity index (χ0) is 21.7. The molecule has 0 aromatic heterocycles. The number of thiocarbonyl (C=S) groups is 1. The van der Waals surface area contributed by atoms with E-state index in [2.05, 4.69) is 6.92 Å². The third-order valence-electron chi connectivity index (χ3n) is 4.37. The molecule has 0 saturated carbocycles. The monoisotopic (exact) mass is 442 g/mol. The van der Waals surface area contributed by atoms with Gasteiger partial charge < -0.3 is 19.4 Å². The van der Waals surface area contributed by atoms with E-state index in [0.29, 0.717) is 33.0 Å². The highest BCUT2D eigenvalue weighted by molar-refractivity contribution is 8.27. The lowest BCUT2D eigenvalue weighted by molar-refractivity contribution is -0.255. The summed E-state index contributed by atoms with van der Waals surface area (Å²) in [6.45, 7) is 2.70. The first kappa shape index (κ1) is 21.9. The molecule has 0 bridgehead atoms. The molecule has 0 aliphatic carbocycles. The van der Waals surface area contributed by atoms with Gasteiger partial charge in [-0.15, -0.1) is 0 Å². The van der Waals surface area contributed by atoms with Gasteiger partial charge in [0.25, 0.3) is 5.91 Å². The van der Waals surface area contributed by atoms with Gasteiger partial charge in [0, 0.05) is 0 Å². The molecule has 1 heterocycles. The molecular formula is C22H20NO5S2-. The average molecular weight is 443 g/mol. The smallest absolute Gasteiger partial charge is 0.270 e. The molecule has 156 valence electrons. The zero-order valence-corrected chi connectivity index (χ0v) is 18.2. The Morgan fingerprint density at radius 1 is 1.23 bits per heavy atom. The standard InChI is InChI=1S/C22H21NO5S2/c1-3-4-10-28-17-9-8-14(11-18(17)27-2)12-19-20(24)23(22(29)30-19)16-7-5-6-15(13-16)21(25)26/h5-9,11-13H,3-4,10H2,1-2H3,(H,25,26)/p-1/b19-12-. The zero-order valence-electron chi connectivity index (χ0n) is 16.5. The first-order valence-electron chi connectivity index (χ1n) is 9.34. The number of carbonyl (C=O) groups is 2. The van der Waals surface area contributed by atoms with Crippen LogP contribution in [0.25, 0.3) is 6.08 Å². The Labute approximate surface area is 184 Å². The van der Waals surface area contributed by atoms with Gasteiger partial charge in [-0.3, -0.25) is 9.69 Å². The Morgan fingerprint density at radius 3 is 2.73 bits per heavy atom. The summed E-state index contributed by atoms with van der Waals surface area (Å²) >= 11 is 6.50. The summed E-state index contributed by atoms with van der Waals surface area (Å²) in [7, 11) is 1.57. The van der Waals surface area contributed by atoms with E-state index in [4.69, 9.17) is 21.7 Å². The molecule has 0 N–H and O–H groups in total. The second kappa shape index (κ2) is 9.77. The fourth-order valence-corrected chi connectivity index (χ4v) is 4.13. The number of amides is 1. The van der Waals surface area contributed by atoms with Crippen LogP contribution in [0, 0.1) is 0 Å². The first-order chi connectivity index (χ1) is 14.4. The van der Waals surface area contributed by atoms with E-state index >= 15 is 0 Å². The van der Waals surface area contributed by atoms with Gasteiger partial charge in [0.1, 0.15) is 0 Å². The Morgan fingerprint density at radius 2 is 2.03 bits per heavy atom. The molecule has 30 heavy (non-hydrogen) atoms. The van der Waals surface area contributed by atoms with Crippen molar-refractivity contribution in [1.29, 1.82) is 0 Å². The summed E-state index contributed by atoms with van der Waals surface area (Å²) in [6, 6.07) is 11.4. The third kappa shape index (κ3) is 4.83. The van der Waals surface area contributed by atoms with Crippen molar-refractivity contribution in [3.05, 3.63) is 58.5 Å². The van der Waals surface area contributed by atoms with Gasteiger partial charge in [-0.05, 0) is 47.9 Å². The van der Waals surface area contributed by atoms with Crippen LogP contribution in [0.4, 0.5) is 5.69 Å². The third-order valence-corrected chi connectivity index (χ3v) is 5.68. The maximum atomic E-state index is 12.9. The summed E-state index contributed by atoms with van der Waals surface area (Å²) in [5.74, 6) is -0.402. The number of thioether (sulfide) groups is 1. The molecule has 0 radical (unpaired) electrons. The van der Waals surface area contributed by atoms with Crippen LogP contribution in [0.3, 0.4) is 0 Å². The van der Waals surface area contributed by atoms with Crippen LogP contribution in [0.5, 0.6) is 11.5 Å². The normalized spacial score (nSPS) is 15.0. The highest BCUT2D eigenvalue weighted by Crippen LogP contribution is 2.37. The van der Waals surface area contributed by atoms with Gasteiger partial charge in [0.05, 0.1) is 30.3 Å². The van der Waals surface area contributed by atoms with Gasteiger partial charge in [-0.25, -0.2) is 0 Å². The number of benzene rings is 2. The van der Waals surface area contributed by atoms with Crippen molar-refractivity contribution in [2.45, 2.75) is 19.8 Å². The van der Waals surface area contributed by atoms with Crippen LogP contribution < -0.4 is 19.5 Å². The molecule has 0 unspecified atom stereocenters. The summed E-state index contributed by atoms with van der Waals surface area (Å²) in [6.07, 6.45) is 3.71. The predicted octanol–water partition coefficient (Wildman–Crippen LogP) is 3.64. The molecule has 1 aliphatic heterocycles. The summed E-state index contributed by atoms with van der Waals surface area (Å²) in [5, 5.41) is 11.1. The lowest BCUT2D eigenvalue weighted by Gasteiger charge is -2.15. The predicted molar refractivity (Wildman–Crippen MR) is 120 cm³/mol. The number of rotatable bonds is 8. The number of anilines is 1. The molecule has 6 nitrogen and oxygen atoms in total. The second-order valence-corrected chi connectivity index (χ2v) is 8.14. The first-order valence-corrected chi connectivity index (χ1v) is 10.6. The van der Waals surface area contributed by atoms with Crippen molar-refractivity contribution >= 4 is 51.9 Å². The quantitative estimate of drug-likeness (QED) is 0.351. The van der Waals surface area contributed by atoms with Crippen molar-refractivity contribution < 1.29 is 24.2 Å². The minimum Gasteiger partial charge on any atom is -0.545 e. The van der Waals surface area contributed by atoms with Crippen molar-refractivity contribution in [3.63, 3.8) is 0 Å². The number of nitrogens with zero attached hydrogens (tertiary/aromatic N) is 1. The highest BCUT2D eigenvalue weighted by atomic mass is 32.2.